The SMILES string of the molecule is O=C(CC1=CCCCC1)N1CC2(CC(Oc3ncccc3F)CCO2)C1. The lowest BCUT2D eigenvalue weighted by Gasteiger charge is -2.53. The van der Waals surface area contributed by atoms with E-state index in [1.807, 2.05) is 4.90 Å². The quantitative estimate of drug-likeness (QED) is 0.774. The number of likely N-dealkylation sites (tertiary alicyclic amines) is 1. The van der Waals surface area contributed by atoms with Crippen LogP contribution in [0.2, 0.25) is 0 Å². The number of carbonyl (C=O) groups excluding carboxylic acids is 1. The van der Waals surface area contributed by atoms with E-state index in [0.717, 1.165) is 12.8 Å². The number of aromatic nitrogens is 1. The maximum Gasteiger partial charge on any atom is 0.250 e. The monoisotopic (exact) mass is 360 g/mol. The first-order valence-electron chi connectivity index (χ1n) is 9.50. The van der Waals surface area contributed by atoms with E-state index >= 15 is 0 Å². The van der Waals surface area contributed by atoms with Gasteiger partial charge in [0.25, 0.3) is 5.88 Å². The lowest BCUT2D eigenvalue weighted by molar-refractivity contribution is -0.193. The fraction of sp³-hybridized carbons (Fsp3) is 0.600. The van der Waals surface area contributed by atoms with Gasteiger partial charge in [-0.25, -0.2) is 9.37 Å². The van der Waals surface area contributed by atoms with Gasteiger partial charge in [-0.15, -0.1) is 0 Å². The molecule has 2 aliphatic heterocycles. The Kier molecular flexibility index (Phi) is 4.94. The Morgan fingerprint density at radius 1 is 1.42 bits per heavy atom. The van der Waals surface area contributed by atoms with E-state index in [0.29, 0.717) is 39.0 Å². The van der Waals surface area contributed by atoms with Crippen LogP contribution in [0.3, 0.4) is 0 Å². The molecule has 2 fully saturated rings. The van der Waals surface area contributed by atoms with Gasteiger partial charge in [0, 0.05) is 25.5 Å². The summed E-state index contributed by atoms with van der Waals surface area (Å²) in [6, 6.07) is 2.89. The average Bonchev–Trinajstić information content (AvgIpc) is 2.62. The Balaban J connectivity index is 1.30. The smallest absolute Gasteiger partial charge is 0.250 e. The molecule has 1 aliphatic carbocycles. The molecule has 4 rings (SSSR count). The fourth-order valence-electron chi connectivity index (χ4n) is 4.12. The number of halogens is 1. The minimum atomic E-state index is -0.445. The van der Waals surface area contributed by atoms with E-state index in [4.69, 9.17) is 9.47 Å². The fourth-order valence-corrected chi connectivity index (χ4v) is 4.12. The Morgan fingerprint density at radius 2 is 2.31 bits per heavy atom. The second-order valence-electron chi connectivity index (χ2n) is 7.59. The van der Waals surface area contributed by atoms with Gasteiger partial charge in [-0.2, -0.15) is 0 Å². The molecule has 2 saturated heterocycles. The number of allylic oxidation sites excluding steroid dienone is 1. The van der Waals surface area contributed by atoms with Crippen molar-refractivity contribution in [3.63, 3.8) is 0 Å². The first-order chi connectivity index (χ1) is 12.6. The Bertz CT molecular complexity index is 700. The van der Waals surface area contributed by atoms with Crippen LogP contribution >= 0.6 is 0 Å². The van der Waals surface area contributed by atoms with Crippen LogP contribution in [0, 0.1) is 5.82 Å². The highest BCUT2D eigenvalue weighted by Gasteiger charge is 2.49. The molecule has 1 aromatic heterocycles. The van der Waals surface area contributed by atoms with Gasteiger partial charge in [-0.1, -0.05) is 11.6 Å². The van der Waals surface area contributed by atoms with Gasteiger partial charge in [-0.05, 0) is 37.8 Å². The molecule has 1 spiro atoms. The molecule has 0 aromatic carbocycles. The molecule has 3 aliphatic rings. The van der Waals surface area contributed by atoms with Crippen LogP contribution in [0.4, 0.5) is 4.39 Å². The predicted molar refractivity (Wildman–Crippen MR) is 94.3 cm³/mol. The van der Waals surface area contributed by atoms with Crippen molar-refractivity contribution in [1.29, 1.82) is 0 Å². The number of nitrogens with zero attached hydrogens (tertiary/aromatic N) is 2. The third-order valence-electron chi connectivity index (χ3n) is 5.52. The summed E-state index contributed by atoms with van der Waals surface area (Å²) >= 11 is 0. The second kappa shape index (κ2) is 7.35. The van der Waals surface area contributed by atoms with Gasteiger partial charge in [0.2, 0.25) is 5.91 Å². The molecule has 0 saturated carbocycles. The van der Waals surface area contributed by atoms with Crippen LogP contribution in [0.5, 0.6) is 5.88 Å². The Labute approximate surface area is 153 Å². The van der Waals surface area contributed by atoms with Crippen molar-refractivity contribution < 1.29 is 18.7 Å². The van der Waals surface area contributed by atoms with Crippen LogP contribution in [0.25, 0.3) is 0 Å². The number of carbonyl (C=O) groups is 1. The zero-order chi connectivity index (χ0) is 18.0. The summed E-state index contributed by atoms with van der Waals surface area (Å²) in [6.07, 6.45) is 10.1. The van der Waals surface area contributed by atoms with Crippen LogP contribution in [0.15, 0.2) is 30.0 Å². The van der Waals surface area contributed by atoms with Gasteiger partial charge in [-0.3, -0.25) is 4.79 Å². The predicted octanol–water partition coefficient (Wildman–Crippen LogP) is 3.25. The van der Waals surface area contributed by atoms with Crippen LogP contribution in [-0.2, 0) is 9.53 Å². The summed E-state index contributed by atoms with van der Waals surface area (Å²) in [4.78, 5) is 18.3. The van der Waals surface area contributed by atoms with Crippen molar-refractivity contribution >= 4 is 5.91 Å². The number of pyridine rings is 1. The molecule has 140 valence electrons. The first kappa shape index (κ1) is 17.5. The van der Waals surface area contributed by atoms with Gasteiger partial charge in [0.1, 0.15) is 11.7 Å². The highest BCUT2D eigenvalue weighted by Crippen LogP contribution is 2.36. The third-order valence-corrected chi connectivity index (χ3v) is 5.52. The number of hydrogen-bond acceptors (Lipinski definition) is 4. The molecule has 0 bridgehead atoms. The van der Waals surface area contributed by atoms with Crippen LogP contribution < -0.4 is 4.74 Å². The standard InChI is InChI=1S/C20H25FN2O3/c21-17-7-4-9-22-19(17)26-16-8-10-25-20(12-16)13-23(14-20)18(24)11-15-5-2-1-3-6-15/h4-5,7,9,16H,1-3,6,8,10-14H2. The third kappa shape index (κ3) is 3.75. The van der Waals surface area contributed by atoms with E-state index in [9.17, 15) is 9.18 Å². The van der Waals surface area contributed by atoms with E-state index in [1.165, 1.54) is 30.7 Å². The number of amides is 1. The van der Waals surface area contributed by atoms with Gasteiger partial charge in [0.05, 0.1) is 19.7 Å². The molecule has 0 radical (unpaired) electrons. The molecule has 1 amide bonds. The summed E-state index contributed by atoms with van der Waals surface area (Å²) in [6.45, 7) is 1.76. The molecule has 3 heterocycles. The summed E-state index contributed by atoms with van der Waals surface area (Å²) in [5.41, 5.74) is 0.934. The lowest BCUT2D eigenvalue weighted by atomic mass is 9.84. The van der Waals surface area contributed by atoms with Gasteiger partial charge in [0.15, 0.2) is 5.82 Å². The molecule has 1 atom stereocenters. The molecular weight excluding hydrogens is 335 g/mol. The Morgan fingerprint density at radius 3 is 3.08 bits per heavy atom. The molecule has 5 nitrogen and oxygen atoms in total. The van der Waals surface area contributed by atoms with Crippen molar-refractivity contribution in [2.45, 2.75) is 56.7 Å². The summed E-state index contributed by atoms with van der Waals surface area (Å²) in [5.74, 6) is -0.212. The molecule has 1 unspecified atom stereocenters. The minimum absolute atomic E-state index is 0.0473. The normalized spacial score (nSPS) is 24.7. The van der Waals surface area contributed by atoms with E-state index in [2.05, 4.69) is 11.1 Å². The zero-order valence-corrected chi connectivity index (χ0v) is 15.0. The molecule has 0 N–H and O–H groups in total. The van der Waals surface area contributed by atoms with Crippen molar-refractivity contribution in [2.75, 3.05) is 19.7 Å². The molecule has 6 heteroatoms. The average molecular weight is 360 g/mol. The van der Waals surface area contributed by atoms with Crippen molar-refractivity contribution in [3.05, 3.63) is 35.8 Å². The van der Waals surface area contributed by atoms with E-state index < -0.39 is 5.82 Å². The highest BCUT2D eigenvalue weighted by molar-refractivity contribution is 5.80. The zero-order valence-electron chi connectivity index (χ0n) is 15.0. The lowest BCUT2D eigenvalue weighted by Crippen LogP contribution is -2.67. The summed E-state index contributed by atoms with van der Waals surface area (Å²) in [7, 11) is 0. The minimum Gasteiger partial charge on any atom is -0.472 e. The van der Waals surface area contributed by atoms with E-state index in [-0.39, 0.29) is 23.5 Å². The number of hydrogen-bond donors (Lipinski definition) is 0. The molecule has 1 aromatic rings. The van der Waals surface area contributed by atoms with E-state index in [1.54, 1.807) is 6.07 Å². The largest absolute Gasteiger partial charge is 0.472 e. The van der Waals surface area contributed by atoms with Crippen molar-refractivity contribution in [2.24, 2.45) is 0 Å². The Hall–Kier alpha value is -1.95. The summed E-state index contributed by atoms with van der Waals surface area (Å²) in [5, 5.41) is 0. The number of ether oxygens (including phenoxy) is 2. The van der Waals surface area contributed by atoms with Crippen molar-refractivity contribution in [3.8, 4) is 5.88 Å². The highest BCUT2D eigenvalue weighted by atomic mass is 19.1. The summed E-state index contributed by atoms with van der Waals surface area (Å²) < 4.78 is 25.5. The van der Waals surface area contributed by atoms with Crippen LogP contribution in [-0.4, -0.2) is 47.2 Å². The topological polar surface area (TPSA) is 51.7 Å². The van der Waals surface area contributed by atoms with Gasteiger partial charge >= 0.3 is 0 Å². The maximum absolute atomic E-state index is 13.7. The molecule has 26 heavy (non-hydrogen) atoms. The second-order valence-corrected chi connectivity index (χ2v) is 7.59. The van der Waals surface area contributed by atoms with Crippen molar-refractivity contribution in [1.82, 2.24) is 9.88 Å². The van der Waals surface area contributed by atoms with Crippen LogP contribution in [0.1, 0.15) is 44.9 Å². The molecular formula is C20H25FN2O3. The first-order valence-corrected chi connectivity index (χ1v) is 9.50. The number of rotatable bonds is 4. The van der Waals surface area contributed by atoms with Gasteiger partial charge < -0.3 is 14.4 Å². The maximum atomic E-state index is 13.7.